The Morgan fingerprint density at radius 1 is 0.966 bits per heavy atom. The SMILES string of the molecule is Cc1ccc(N=Nc2cc3c(C)cc(C)cc3cc2S(=O)(=O)O)c(NC(N)=O)c1. The lowest BCUT2D eigenvalue weighted by atomic mass is 10.0. The van der Waals surface area contributed by atoms with E-state index in [-0.39, 0.29) is 16.3 Å². The topological polar surface area (TPSA) is 134 Å². The molecule has 4 N–H and O–H groups in total. The first-order chi connectivity index (χ1) is 13.5. The highest BCUT2D eigenvalue weighted by Crippen LogP contribution is 2.34. The second-order valence-electron chi connectivity index (χ2n) is 6.81. The first-order valence-corrected chi connectivity index (χ1v) is 10.1. The molecule has 0 radical (unpaired) electrons. The van der Waals surface area contributed by atoms with E-state index in [4.69, 9.17) is 5.73 Å². The first kappa shape index (κ1) is 20.4. The summed E-state index contributed by atoms with van der Waals surface area (Å²) < 4.78 is 33.5. The molecule has 3 aromatic carbocycles. The summed E-state index contributed by atoms with van der Waals surface area (Å²) in [6.07, 6.45) is 0. The zero-order valence-corrected chi connectivity index (χ0v) is 16.9. The number of anilines is 1. The van der Waals surface area contributed by atoms with Gasteiger partial charge in [0.1, 0.15) is 16.3 Å². The van der Waals surface area contributed by atoms with Gasteiger partial charge in [-0.05, 0) is 66.9 Å². The maximum Gasteiger partial charge on any atom is 0.316 e. The summed E-state index contributed by atoms with van der Waals surface area (Å²) in [6, 6.07) is 11.0. The number of azo groups is 1. The van der Waals surface area contributed by atoms with E-state index in [1.807, 2.05) is 32.9 Å². The molecule has 0 saturated carbocycles. The van der Waals surface area contributed by atoms with Crippen LogP contribution in [-0.2, 0) is 10.1 Å². The van der Waals surface area contributed by atoms with Crippen LogP contribution in [-0.4, -0.2) is 19.0 Å². The molecule has 0 fully saturated rings. The minimum atomic E-state index is -4.53. The van der Waals surface area contributed by atoms with Crippen LogP contribution in [0.15, 0.2) is 57.6 Å². The Morgan fingerprint density at radius 2 is 1.66 bits per heavy atom. The van der Waals surface area contributed by atoms with Crippen LogP contribution in [0.1, 0.15) is 16.7 Å². The molecule has 3 rings (SSSR count). The fourth-order valence-corrected chi connectivity index (χ4v) is 3.75. The summed E-state index contributed by atoms with van der Waals surface area (Å²) >= 11 is 0. The van der Waals surface area contributed by atoms with Gasteiger partial charge in [0.05, 0.1) is 5.69 Å². The number of hydrogen-bond donors (Lipinski definition) is 3. The van der Waals surface area contributed by atoms with Crippen molar-refractivity contribution in [3.63, 3.8) is 0 Å². The smallest absolute Gasteiger partial charge is 0.316 e. The van der Waals surface area contributed by atoms with Gasteiger partial charge < -0.3 is 11.1 Å². The zero-order valence-electron chi connectivity index (χ0n) is 16.1. The molecular formula is C20H20N4O4S. The Hall–Kier alpha value is -3.30. The average molecular weight is 412 g/mol. The summed E-state index contributed by atoms with van der Waals surface area (Å²) in [7, 11) is -4.53. The molecule has 29 heavy (non-hydrogen) atoms. The third-order valence-corrected chi connectivity index (χ3v) is 5.22. The van der Waals surface area contributed by atoms with Crippen molar-refractivity contribution in [2.45, 2.75) is 25.7 Å². The van der Waals surface area contributed by atoms with Gasteiger partial charge in [-0.25, -0.2) is 4.79 Å². The average Bonchev–Trinajstić information content (AvgIpc) is 2.59. The van der Waals surface area contributed by atoms with Crippen LogP contribution in [0.3, 0.4) is 0 Å². The number of benzene rings is 3. The summed E-state index contributed by atoms with van der Waals surface area (Å²) in [5.41, 5.74) is 8.56. The summed E-state index contributed by atoms with van der Waals surface area (Å²) in [6.45, 7) is 5.63. The number of nitrogens with one attached hydrogen (secondary N) is 1. The molecule has 0 unspecified atom stereocenters. The Balaban J connectivity index is 2.18. The van der Waals surface area contributed by atoms with Crippen molar-refractivity contribution in [2.24, 2.45) is 16.0 Å². The predicted octanol–water partition coefficient (Wildman–Crippen LogP) is 4.92. The van der Waals surface area contributed by atoms with E-state index < -0.39 is 16.1 Å². The third kappa shape index (κ3) is 4.58. The van der Waals surface area contributed by atoms with Crippen molar-refractivity contribution < 1.29 is 17.8 Å². The van der Waals surface area contributed by atoms with E-state index in [1.54, 1.807) is 24.3 Å². The van der Waals surface area contributed by atoms with E-state index in [1.165, 1.54) is 6.07 Å². The Labute approximate surface area is 168 Å². The fourth-order valence-electron chi connectivity index (χ4n) is 3.11. The van der Waals surface area contributed by atoms with Crippen molar-refractivity contribution in [3.8, 4) is 0 Å². The van der Waals surface area contributed by atoms with Crippen LogP contribution < -0.4 is 11.1 Å². The molecule has 9 heteroatoms. The van der Waals surface area contributed by atoms with E-state index in [9.17, 15) is 17.8 Å². The van der Waals surface area contributed by atoms with Gasteiger partial charge in [-0.2, -0.15) is 8.42 Å². The zero-order chi connectivity index (χ0) is 21.3. The lowest BCUT2D eigenvalue weighted by molar-refractivity contribution is 0.259. The molecule has 3 aromatic rings. The van der Waals surface area contributed by atoms with Crippen molar-refractivity contribution in [3.05, 3.63) is 59.2 Å². The quantitative estimate of drug-likeness (QED) is 0.414. The second kappa shape index (κ2) is 7.61. The highest BCUT2D eigenvalue weighted by Gasteiger charge is 2.18. The molecule has 0 spiro atoms. The molecule has 0 heterocycles. The molecule has 150 valence electrons. The van der Waals surface area contributed by atoms with Gasteiger partial charge in [-0.3, -0.25) is 4.55 Å². The van der Waals surface area contributed by atoms with Crippen LogP contribution >= 0.6 is 0 Å². The van der Waals surface area contributed by atoms with Gasteiger partial charge in [-0.1, -0.05) is 23.8 Å². The molecule has 0 atom stereocenters. The van der Waals surface area contributed by atoms with Crippen molar-refractivity contribution in [1.29, 1.82) is 0 Å². The summed E-state index contributed by atoms with van der Waals surface area (Å²) in [5, 5.41) is 12.0. The van der Waals surface area contributed by atoms with Gasteiger partial charge >= 0.3 is 6.03 Å². The van der Waals surface area contributed by atoms with E-state index in [2.05, 4.69) is 15.5 Å². The van der Waals surface area contributed by atoms with Gasteiger partial charge in [0.2, 0.25) is 0 Å². The van der Waals surface area contributed by atoms with E-state index >= 15 is 0 Å². The minimum Gasteiger partial charge on any atom is -0.351 e. The first-order valence-electron chi connectivity index (χ1n) is 8.66. The fraction of sp³-hybridized carbons (Fsp3) is 0.150. The van der Waals surface area contributed by atoms with Crippen LogP contribution in [0.25, 0.3) is 10.8 Å². The number of primary amides is 1. The van der Waals surface area contributed by atoms with Crippen LogP contribution in [0.5, 0.6) is 0 Å². The monoisotopic (exact) mass is 412 g/mol. The molecule has 0 aliphatic rings. The maximum absolute atomic E-state index is 11.9. The number of aryl methyl sites for hydroxylation is 3. The van der Waals surface area contributed by atoms with Gasteiger partial charge in [-0.15, -0.1) is 10.2 Å². The maximum atomic E-state index is 11.9. The van der Waals surface area contributed by atoms with E-state index in [0.717, 1.165) is 22.1 Å². The Morgan fingerprint density at radius 3 is 2.31 bits per heavy atom. The number of carbonyl (C=O) groups is 1. The number of urea groups is 1. The predicted molar refractivity (Wildman–Crippen MR) is 112 cm³/mol. The van der Waals surface area contributed by atoms with Gasteiger partial charge in [0.15, 0.2) is 0 Å². The molecule has 0 aliphatic heterocycles. The molecule has 0 aromatic heterocycles. The number of carbonyl (C=O) groups excluding carboxylic acids is 1. The number of hydrogen-bond acceptors (Lipinski definition) is 5. The van der Waals surface area contributed by atoms with Crippen molar-refractivity contribution in [1.82, 2.24) is 0 Å². The van der Waals surface area contributed by atoms with Crippen molar-refractivity contribution >= 4 is 44.0 Å². The number of fused-ring (bicyclic) bond motifs is 1. The molecule has 8 nitrogen and oxygen atoms in total. The van der Waals surface area contributed by atoms with E-state index in [0.29, 0.717) is 11.1 Å². The standard InChI is InChI=1S/C20H20N4O4S/c1-11-4-5-16(17(8-11)22-20(21)25)23-24-18-10-15-13(3)6-12(2)7-14(15)9-19(18)29(26,27)28/h4-10H,1-3H3,(H3,21,22,25)(H,26,27,28). The second-order valence-corrected chi connectivity index (χ2v) is 8.20. The summed E-state index contributed by atoms with van der Waals surface area (Å²) in [5.74, 6) is 0. The normalized spacial score (nSPS) is 11.9. The lowest BCUT2D eigenvalue weighted by Gasteiger charge is -2.09. The lowest BCUT2D eigenvalue weighted by Crippen LogP contribution is -2.19. The third-order valence-electron chi connectivity index (χ3n) is 4.34. The molecule has 2 amide bonds. The van der Waals surface area contributed by atoms with Gasteiger partial charge in [0.25, 0.3) is 10.1 Å². The molecular weight excluding hydrogens is 392 g/mol. The number of rotatable bonds is 4. The van der Waals surface area contributed by atoms with Crippen molar-refractivity contribution in [2.75, 3.05) is 5.32 Å². The number of amides is 2. The summed E-state index contributed by atoms with van der Waals surface area (Å²) in [4.78, 5) is 10.9. The van der Waals surface area contributed by atoms with Crippen LogP contribution in [0.4, 0.5) is 21.9 Å². The molecule has 0 aliphatic carbocycles. The number of nitrogens with two attached hydrogens (primary N) is 1. The highest BCUT2D eigenvalue weighted by molar-refractivity contribution is 7.86. The van der Waals surface area contributed by atoms with Crippen LogP contribution in [0, 0.1) is 20.8 Å². The largest absolute Gasteiger partial charge is 0.351 e. The molecule has 0 saturated heterocycles. The van der Waals surface area contributed by atoms with Crippen LogP contribution in [0.2, 0.25) is 0 Å². The molecule has 0 bridgehead atoms. The highest BCUT2D eigenvalue weighted by atomic mass is 32.2. The van der Waals surface area contributed by atoms with Gasteiger partial charge in [0, 0.05) is 0 Å². The Bertz CT molecular complexity index is 1270. The number of nitrogens with zero attached hydrogens (tertiary/aromatic N) is 2. The minimum absolute atomic E-state index is 0.0162. The Kier molecular flexibility index (Phi) is 5.36.